The van der Waals surface area contributed by atoms with Crippen LogP contribution in [0.15, 0.2) is 36.9 Å². The van der Waals surface area contributed by atoms with E-state index in [4.69, 9.17) is 4.74 Å². The Balaban J connectivity index is 2.29. The van der Waals surface area contributed by atoms with E-state index in [-0.39, 0.29) is 5.72 Å². The van der Waals surface area contributed by atoms with Gasteiger partial charge in [-0.05, 0) is 25.1 Å². The maximum atomic E-state index is 5.47. The first-order valence-corrected chi connectivity index (χ1v) is 3.77. The molecule has 1 aliphatic rings. The number of rotatable bonds is 1. The summed E-state index contributed by atoms with van der Waals surface area (Å²) < 4.78 is 7.54. The van der Waals surface area contributed by atoms with E-state index in [1.54, 1.807) is 6.26 Å². The van der Waals surface area contributed by atoms with Gasteiger partial charge >= 0.3 is 0 Å². The van der Waals surface area contributed by atoms with E-state index in [2.05, 4.69) is 11.5 Å². The second-order valence-electron chi connectivity index (χ2n) is 2.96. The predicted molar refractivity (Wildman–Crippen MR) is 42.9 cm³/mol. The van der Waals surface area contributed by atoms with Gasteiger partial charge in [-0.15, -0.1) is 0 Å². The molecule has 1 aromatic heterocycles. The highest BCUT2D eigenvalue weighted by Gasteiger charge is 2.27. The van der Waals surface area contributed by atoms with E-state index < -0.39 is 0 Å². The zero-order chi connectivity index (χ0) is 7.73. The van der Waals surface area contributed by atoms with Crippen LogP contribution in [0.4, 0.5) is 0 Å². The van der Waals surface area contributed by atoms with Gasteiger partial charge in [0, 0.05) is 18.8 Å². The van der Waals surface area contributed by atoms with Gasteiger partial charge in [0.2, 0.25) is 0 Å². The minimum atomic E-state index is -0.177. The molecule has 2 rings (SSSR count). The number of hydrogen-bond acceptors (Lipinski definition) is 1. The van der Waals surface area contributed by atoms with Crippen molar-refractivity contribution in [1.82, 2.24) is 4.57 Å². The SMILES string of the molecule is CC1(n2cccc2)CC=CO1. The maximum Gasteiger partial charge on any atom is 0.186 e. The first-order chi connectivity index (χ1) is 5.31. The smallest absolute Gasteiger partial charge is 0.186 e. The van der Waals surface area contributed by atoms with E-state index in [9.17, 15) is 0 Å². The Morgan fingerprint density at radius 2 is 2.09 bits per heavy atom. The number of ether oxygens (including phenoxy) is 1. The molecule has 0 saturated carbocycles. The van der Waals surface area contributed by atoms with Crippen LogP contribution in [-0.4, -0.2) is 4.57 Å². The van der Waals surface area contributed by atoms with Crippen molar-refractivity contribution in [2.75, 3.05) is 0 Å². The molecule has 58 valence electrons. The maximum absolute atomic E-state index is 5.47. The van der Waals surface area contributed by atoms with Gasteiger partial charge in [0.1, 0.15) is 0 Å². The largest absolute Gasteiger partial charge is 0.476 e. The normalized spacial score (nSPS) is 28.8. The molecule has 2 heteroatoms. The highest BCUT2D eigenvalue weighted by Crippen LogP contribution is 2.27. The van der Waals surface area contributed by atoms with Crippen molar-refractivity contribution in [3.8, 4) is 0 Å². The molecule has 0 saturated heterocycles. The highest BCUT2D eigenvalue weighted by atomic mass is 16.5. The summed E-state index contributed by atoms with van der Waals surface area (Å²) in [5.41, 5.74) is -0.177. The minimum Gasteiger partial charge on any atom is -0.476 e. The van der Waals surface area contributed by atoms with Crippen molar-refractivity contribution in [1.29, 1.82) is 0 Å². The lowest BCUT2D eigenvalue weighted by Crippen LogP contribution is -2.27. The summed E-state index contributed by atoms with van der Waals surface area (Å²) in [4.78, 5) is 0. The van der Waals surface area contributed by atoms with Gasteiger partial charge in [-0.3, -0.25) is 0 Å². The number of aromatic nitrogens is 1. The van der Waals surface area contributed by atoms with Crippen LogP contribution in [0.3, 0.4) is 0 Å². The topological polar surface area (TPSA) is 14.2 Å². The zero-order valence-electron chi connectivity index (χ0n) is 6.53. The molecular weight excluding hydrogens is 138 g/mol. The van der Waals surface area contributed by atoms with Crippen LogP contribution >= 0.6 is 0 Å². The first-order valence-electron chi connectivity index (χ1n) is 3.77. The van der Waals surface area contributed by atoms with Gasteiger partial charge in [0.05, 0.1) is 6.26 Å². The van der Waals surface area contributed by atoms with Crippen LogP contribution in [0, 0.1) is 0 Å². The fourth-order valence-corrected chi connectivity index (χ4v) is 1.33. The van der Waals surface area contributed by atoms with Crippen molar-refractivity contribution < 1.29 is 4.74 Å². The van der Waals surface area contributed by atoms with E-state index in [1.807, 2.05) is 30.6 Å². The van der Waals surface area contributed by atoms with Crippen LogP contribution in [0.1, 0.15) is 13.3 Å². The van der Waals surface area contributed by atoms with Gasteiger partial charge in [-0.2, -0.15) is 0 Å². The third-order valence-corrected chi connectivity index (χ3v) is 2.07. The molecule has 2 heterocycles. The summed E-state index contributed by atoms with van der Waals surface area (Å²) in [5, 5.41) is 0. The fourth-order valence-electron chi connectivity index (χ4n) is 1.33. The lowest BCUT2D eigenvalue weighted by Gasteiger charge is -2.25. The molecule has 0 N–H and O–H groups in total. The Labute approximate surface area is 66.1 Å². The molecule has 1 aliphatic heterocycles. The summed E-state index contributed by atoms with van der Waals surface area (Å²) >= 11 is 0. The molecule has 0 bridgehead atoms. The van der Waals surface area contributed by atoms with Crippen LogP contribution in [0.25, 0.3) is 0 Å². The van der Waals surface area contributed by atoms with Crippen molar-refractivity contribution in [2.45, 2.75) is 19.1 Å². The van der Waals surface area contributed by atoms with Gasteiger partial charge in [-0.1, -0.05) is 0 Å². The van der Waals surface area contributed by atoms with Crippen molar-refractivity contribution in [3.63, 3.8) is 0 Å². The fraction of sp³-hybridized carbons (Fsp3) is 0.333. The second-order valence-corrected chi connectivity index (χ2v) is 2.96. The molecule has 0 spiro atoms. The van der Waals surface area contributed by atoms with Gasteiger partial charge < -0.3 is 9.30 Å². The third-order valence-electron chi connectivity index (χ3n) is 2.07. The minimum absolute atomic E-state index is 0.177. The molecule has 2 nitrogen and oxygen atoms in total. The second kappa shape index (κ2) is 2.16. The standard InChI is InChI=1S/C9H11NO/c1-9(5-4-8-11-9)10-6-2-3-7-10/h2-4,6-8H,5H2,1H3. The predicted octanol–water partition coefficient (Wildman–Crippen LogP) is 2.09. The summed E-state index contributed by atoms with van der Waals surface area (Å²) in [6, 6.07) is 4.01. The lowest BCUT2D eigenvalue weighted by atomic mass is 10.2. The third kappa shape index (κ3) is 0.946. The zero-order valence-corrected chi connectivity index (χ0v) is 6.53. The molecule has 11 heavy (non-hydrogen) atoms. The quantitative estimate of drug-likeness (QED) is 0.596. The molecule has 0 aliphatic carbocycles. The van der Waals surface area contributed by atoms with Gasteiger partial charge in [0.25, 0.3) is 0 Å². The van der Waals surface area contributed by atoms with E-state index >= 15 is 0 Å². The molecular formula is C9H11NO. The Hall–Kier alpha value is -1.18. The molecule has 0 amide bonds. The van der Waals surface area contributed by atoms with Gasteiger partial charge in [-0.25, -0.2) is 0 Å². The van der Waals surface area contributed by atoms with Crippen LogP contribution in [-0.2, 0) is 10.5 Å². The van der Waals surface area contributed by atoms with Crippen LogP contribution < -0.4 is 0 Å². The highest BCUT2D eigenvalue weighted by molar-refractivity contribution is 5.00. The molecule has 0 fully saturated rings. The van der Waals surface area contributed by atoms with E-state index in [0.717, 1.165) is 6.42 Å². The monoisotopic (exact) mass is 149 g/mol. The number of nitrogens with zero attached hydrogens (tertiary/aromatic N) is 1. The van der Waals surface area contributed by atoms with Crippen LogP contribution in [0.2, 0.25) is 0 Å². The summed E-state index contributed by atoms with van der Waals surface area (Å²) in [6.07, 6.45) is 8.79. The molecule has 0 aromatic carbocycles. The first kappa shape index (κ1) is 6.53. The Kier molecular flexibility index (Phi) is 1.28. The molecule has 1 unspecified atom stereocenters. The number of hydrogen-bond donors (Lipinski definition) is 0. The van der Waals surface area contributed by atoms with E-state index in [0.29, 0.717) is 0 Å². The average molecular weight is 149 g/mol. The van der Waals surface area contributed by atoms with E-state index in [1.165, 1.54) is 0 Å². The van der Waals surface area contributed by atoms with Crippen molar-refractivity contribution in [2.24, 2.45) is 0 Å². The summed E-state index contributed by atoms with van der Waals surface area (Å²) in [7, 11) is 0. The summed E-state index contributed by atoms with van der Waals surface area (Å²) in [5.74, 6) is 0. The Morgan fingerprint density at radius 3 is 2.64 bits per heavy atom. The van der Waals surface area contributed by atoms with Gasteiger partial charge in [0.15, 0.2) is 5.72 Å². The Bertz CT molecular complexity index is 253. The molecule has 0 radical (unpaired) electrons. The molecule has 1 aromatic rings. The van der Waals surface area contributed by atoms with Crippen molar-refractivity contribution >= 4 is 0 Å². The van der Waals surface area contributed by atoms with Crippen LogP contribution in [0.5, 0.6) is 0 Å². The Morgan fingerprint density at radius 1 is 1.36 bits per heavy atom. The van der Waals surface area contributed by atoms with Crippen molar-refractivity contribution in [3.05, 3.63) is 36.9 Å². The summed E-state index contributed by atoms with van der Waals surface area (Å²) in [6.45, 7) is 2.08. The lowest BCUT2D eigenvalue weighted by molar-refractivity contribution is -0.0110. The molecule has 1 atom stereocenters. The average Bonchev–Trinajstić information content (AvgIpc) is 2.55.